The Balaban J connectivity index is 2.15. The Morgan fingerprint density at radius 2 is 2.00 bits per heavy atom. The molecule has 10 heavy (non-hydrogen) atoms. The third-order valence-corrected chi connectivity index (χ3v) is 3.01. The molecule has 0 aromatic carbocycles. The first kappa shape index (κ1) is 6.62. The van der Waals surface area contributed by atoms with Gasteiger partial charge in [0.1, 0.15) is 0 Å². The lowest BCUT2D eigenvalue weighted by atomic mass is 9.77. The summed E-state index contributed by atoms with van der Waals surface area (Å²) < 4.78 is 0. The molecule has 0 saturated carbocycles. The Labute approximate surface area is 61.8 Å². The Bertz CT molecular complexity index is 136. The molecule has 2 heteroatoms. The van der Waals surface area contributed by atoms with E-state index in [1.54, 1.807) is 0 Å². The maximum absolute atomic E-state index is 9.82. The zero-order valence-electron chi connectivity index (χ0n) is 6.51. The summed E-state index contributed by atoms with van der Waals surface area (Å²) >= 11 is 0. The summed E-state index contributed by atoms with van der Waals surface area (Å²) in [7, 11) is 0. The molecular weight excluding hydrogens is 126 g/mol. The van der Waals surface area contributed by atoms with Crippen molar-refractivity contribution >= 4 is 0 Å². The predicted octanol–water partition coefficient (Wildman–Crippen LogP) is 0.463. The van der Waals surface area contributed by atoms with Crippen molar-refractivity contribution in [1.82, 2.24) is 4.90 Å². The minimum Gasteiger partial charge on any atom is -0.389 e. The van der Waals surface area contributed by atoms with Crippen LogP contribution in [0.4, 0.5) is 0 Å². The van der Waals surface area contributed by atoms with E-state index in [-0.39, 0.29) is 5.60 Å². The van der Waals surface area contributed by atoms with Gasteiger partial charge in [0.05, 0.1) is 5.60 Å². The van der Waals surface area contributed by atoms with Crippen molar-refractivity contribution in [3.63, 3.8) is 0 Å². The van der Waals surface area contributed by atoms with Crippen molar-refractivity contribution in [2.75, 3.05) is 19.6 Å². The second kappa shape index (κ2) is 1.95. The molecule has 1 atom stereocenters. The monoisotopic (exact) mass is 141 g/mol. The summed E-state index contributed by atoms with van der Waals surface area (Å²) in [6.07, 6.45) is 2.40. The number of fused-ring (bicyclic) bond motifs is 3. The number of hydrogen-bond acceptors (Lipinski definition) is 2. The third-order valence-electron chi connectivity index (χ3n) is 3.01. The number of nitrogens with zero attached hydrogens (tertiary/aromatic N) is 1. The fraction of sp³-hybridized carbons (Fsp3) is 1.00. The zero-order valence-corrected chi connectivity index (χ0v) is 6.51. The smallest absolute Gasteiger partial charge is 0.0775 e. The molecule has 0 aliphatic carbocycles. The second-order valence-electron chi connectivity index (χ2n) is 3.91. The van der Waals surface area contributed by atoms with Gasteiger partial charge in [-0.1, -0.05) is 0 Å². The van der Waals surface area contributed by atoms with Gasteiger partial charge in [-0.05, 0) is 38.8 Å². The molecule has 3 rings (SSSR count). The molecule has 0 aromatic heterocycles. The van der Waals surface area contributed by atoms with E-state index in [2.05, 4.69) is 4.90 Å². The van der Waals surface area contributed by atoms with Crippen LogP contribution in [0.2, 0.25) is 0 Å². The summed E-state index contributed by atoms with van der Waals surface area (Å²) in [5.41, 5.74) is -0.378. The summed E-state index contributed by atoms with van der Waals surface area (Å²) in [5, 5.41) is 9.82. The molecule has 3 aliphatic rings. The van der Waals surface area contributed by atoms with E-state index in [1.807, 2.05) is 6.92 Å². The van der Waals surface area contributed by atoms with Gasteiger partial charge in [0.25, 0.3) is 0 Å². The Morgan fingerprint density at radius 3 is 2.20 bits per heavy atom. The molecule has 0 unspecified atom stereocenters. The molecule has 0 spiro atoms. The number of piperidine rings is 3. The van der Waals surface area contributed by atoms with Gasteiger partial charge in [0.15, 0.2) is 0 Å². The van der Waals surface area contributed by atoms with Crippen LogP contribution in [0.15, 0.2) is 0 Å². The lowest BCUT2D eigenvalue weighted by molar-refractivity contribution is -0.0983. The zero-order chi connectivity index (χ0) is 7.19. The first-order chi connectivity index (χ1) is 4.68. The SMILES string of the molecule is C[C@@]1(O)CN2CCC1CC2. The average Bonchev–Trinajstić information content (AvgIpc) is 1.87. The van der Waals surface area contributed by atoms with Crippen molar-refractivity contribution in [3.8, 4) is 0 Å². The first-order valence-electron chi connectivity index (χ1n) is 4.13. The van der Waals surface area contributed by atoms with Gasteiger partial charge in [0.2, 0.25) is 0 Å². The summed E-state index contributed by atoms with van der Waals surface area (Å²) in [5.74, 6) is 0.581. The maximum atomic E-state index is 9.82. The summed E-state index contributed by atoms with van der Waals surface area (Å²) in [4.78, 5) is 2.36. The normalized spacial score (nSPS) is 53.4. The number of aliphatic hydroxyl groups is 1. The molecule has 0 aromatic rings. The molecule has 0 radical (unpaired) electrons. The molecule has 1 N–H and O–H groups in total. The molecule has 3 saturated heterocycles. The van der Waals surface area contributed by atoms with Gasteiger partial charge in [-0.3, -0.25) is 0 Å². The van der Waals surface area contributed by atoms with Crippen molar-refractivity contribution in [3.05, 3.63) is 0 Å². The fourth-order valence-electron chi connectivity index (χ4n) is 2.29. The minimum atomic E-state index is -0.378. The highest BCUT2D eigenvalue weighted by Crippen LogP contribution is 2.34. The maximum Gasteiger partial charge on any atom is 0.0775 e. The highest BCUT2D eigenvalue weighted by molar-refractivity contribution is 4.94. The van der Waals surface area contributed by atoms with Crippen molar-refractivity contribution in [2.45, 2.75) is 25.4 Å². The van der Waals surface area contributed by atoms with Crippen LogP contribution in [0.1, 0.15) is 19.8 Å². The van der Waals surface area contributed by atoms with Crippen molar-refractivity contribution < 1.29 is 5.11 Å². The molecule has 3 heterocycles. The van der Waals surface area contributed by atoms with E-state index >= 15 is 0 Å². The molecular formula is C8H15NO. The topological polar surface area (TPSA) is 23.5 Å². The van der Waals surface area contributed by atoms with Crippen LogP contribution in [0.25, 0.3) is 0 Å². The van der Waals surface area contributed by atoms with Crippen LogP contribution in [0, 0.1) is 5.92 Å². The molecule has 2 bridgehead atoms. The summed E-state index contributed by atoms with van der Waals surface area (Å²) in [6.45, 7) is 5.29. The Hall–Kier alpha value is -0.0800. The number of hydrogen-bond donors (Lipinski definition) is 1. The van der Waals surface area contributed by atoms with E-state index < -0.39 is 0 Å². The van der Waals surface area contributed by atoms with Gasteiger partial charge < -0.3 is 10.0 Å². The van der Waals surface area contributed by atoms with E-state index in [1.165, 1.54) is 25.9 Å². The number of rotatable bonds is 0. The minimum absolute atomic E-state index is 0.378. The van der Waals surface area contributed by atoms with E-state index in [4.69, 9.17) is 0 Å². The largest absolute Gasteiger partial charge is 0.389 e. The molecule has 0 amide bonds. The quantitative estimate of drug-likeness (QED) is 0.530. The van der Waals surface area contributed by atoms with Gasteiger partial charge in [-0.25, -0.2) is 0 Å². The highest BCUT2D eigenvalue weighted by atomic mass is 16.3. The molecule has 3 fully saturated rings. The highest BCUT2D eigenvalue weighted by Gasteiger charge is 2.41. The van der Waals surface area contributed by atoms with Crippen LogP contribution in [0.3, 0.4) is 0 Å². The average molecular weight is 141 g/mol. The van der Waals surface area contributed by atoms with E-state index in [0.717, 1.165) is 6.54 Å². The standard InChI is InChI=1S/C8H15NO/c1-8(10)6-9-4-2-7(8)3-5-9/h7,10H,2-6H2,1H3/t8-/m1/s1. The fourth-order valence-corrected chi connectivity index (χ4v) is 2.29. The third kappa shape index (κ3) is 0.867. The second-order valence-corrected chi connectivity index (χ2v) is 3.91. The van der Waals surface area contributed by atoms with Gasteiger partial charge in [0, 0.05) is 6.54 Å². The lowest BCUT2D eigenvalue weighted by Gasteiger charge is -2.48. The summed E-state index contributed by atoms with van der Waals surface area (Å²) in [6, 6.07) is 0. The lowest BCUT2D eigenvalue weighted by Crippen LogP contribution is -2.57. The Kier molecular flexibility index (Phi) is 1.29. The van der Waals surface area contributed by atoms with E-state index in [9.17, 15) is 5.11 Å². The van der Waals surface area contributed by atoms with Crippen molar-refractivity contribution in [1.29, 1.82) is 0 Å². The molecule has 58 valence electrons. The first-order valence-corrected chi connectivity index (χ1v) is 4.13. The van der Waals surface area contributed by atoms with Crippen LogP contribution >= 0.6 is 0 Å². The van der Waals surface area contributed by atoms with Crippen LogP contribution in [-0.2, 0) is 0 Å². The van der Waals surface area contributed by atoms with Crippen LogP contribution < -0.4 is 0 Å². The van der Waals surface area contributed by atoms with Crippen molar-refractivity contribution in [2.24, 2.45) is 5.92 Å². The van der Waals surface area contributed by atoms with Gasteiger partial charge in [-0.15, -0.1) is 0 Å². The molecule has 2 nitrogen and oxygen atoms in total. The molecule has 3 aliphatic heterocycles. The Morgan fingerprint density at radius 1 is 1.40 bits per heavy atom. The van der Waals surface area contributed by atoms with Crippen LogP contribution in [-0.4, -0.2) is 35.2 Å². The van der Waals surface area contributed by atoms with Crippen LogP contribution in [0.5, 0.6) is 0 Å². The van der Waals surface area contributed by atoms with E-state index in [0.29, 0.717) is 5.92 Å². The van der Waals surface area contributed by atoms with Gasteiger partial charge in [-0.2, -0.15) is 0 Å². The predicted molar refractivity (Wildman–Crippen MR) is 39.8 cm³/mol. The van der Waals surface area contributed by atoms with Gasteiger partial charge >= 0.3 is 0 Å².